The highest BCUT2D eigenvalue weighted by molar-refractivity contribution is 6.35. The monoisotopic (exact) mass is 271 g/mol. The summed E-state index contributed by atoms with van der Waals surface area (Å²) in [6.45, 7) is -0.365. The van der Waals surface area contributed by atoms with Gasteiger partial charge in [0.05, 0.1) is 12.3 Å². The Morgan fingerprint density at radius 2 is 1.88 bits per heavy atom. The molecule has 0 radical (unpaired) electrons. The summed E-state index contributed by atoms with van der Waals surface area (Å²) in [6.07, 6.45) is 0. The molecule has 1 heterocycles. The number of aliphatic hydroxyl groups excluding tert-OH is 1. The number of hydrogen-bond acceptors (Lipinski definition) is 2. The molecule has 0 saturated heterocycles. The summed E-state index contributed by atoms with van der Waals surface area (Å²) < 4.78 is 12.9. The number of aromatic nitrogens is 1. The SMILES string of the molecule is OCc1nc(F)ccc1-c1cc(Cl)ccc1Cl. The standard InChI is InChI=1S/C12H8Cl2FNO/c13-7-1-3-10(14)9(5-7)8-2-4-12(15)16-11(8)6-17/h1-5,17H,6H2. The first-order valence-electron chi connectivity index (χ1n) is 4.83. The molecule has 0 amide bonds. The van der Waals surface area contributed by atoms with Gasteiger partial charge in [-0.3, -0.25) is 0 Å². The largest absolute Gasteiger partial charge is 0.390 e. The van der Waals surface area contributed by atoms with Crippen LogP contribution in [0.4, 0.5) is 4.39 Å². The molecule has 0 aliphatic heterocycles. The highest BCUT2D eigenvalue weighted by Crippen LogP contribution is 2.32. The summed E-state index contributed by atoms with van der Waals surface area (Å²) in [5.74, 6) is -0.643. The van der Waals surface area contributed by atoms with Crippen molar-refractivity contribution in [3.8, 4) is 11.1 Å². The van der Waals surface area contributed by atoms with Crippen LogP contribution in [0.25, 0.3) is 11.1 Å². The van der Waals surface area contributed by atoms with Crippen LogP contribution in [-0.4, -0.2) is 10.1 Å². The Labute approximate surface area is 108 Å². The van der Waals surface area contributed by atoms with Crippen LogP contribution < -0.4 is 0 Å². The van der Waals surface area contributed by atoms with Crippen molar-refractivity contribution in [2.75, 3.05) is 0 Å². The molecular weight excluding hydrogens is 264 g/mol. The van der Waals surface area contributed by atoms with Crippen molar-refractivity contribution in [2.45, 2.75) is 6.61 Å². The molecule has 2 rings (SSSR count). The third-order valence-electron chi connectivity index (χ3n) is 2.31. The second kappa shape index (κ2) is 5.00. The zero-order chi connectivity index (χ0) is 12.4. The number of benzene rings is 1. The van der Waals surface area contributed by atoms with E-state index in [1.54, 1.807) is 18.2 Å². The van der Waals surface area contributed by atoms with Crippen LogP contribution in [-0.2, 0) is 6.61 Å². The topological polar surface area (TPSA) is 33.1 Å². The van der Waals surface area contributed by atoms with Crippen molar-refractivity contribution in [2.24, 2.45) is 0 Å². The minimum Gasteiger partial charge on any atom is -0.390 e. The first-order chi connectivity index (χ1) is 8.11. The number of rotatable bonds is 2. The van der Waals surface area contributed by atoms with Crippen LogP contribution in [0.5, 0.6) is 0 Å². The van der Waals surface area contributed by atoms with Crippen LogP contribution >= 0.6 is 23.2 Å². The molecule has 17 heavy (non-hydrogen) atoms. The second-order valence-corrected chi connectivity index (χ2v) is 4.25. The molecule has 0 fully saturated rings. The zero-order valence-electron chi connectivity index (χ0n) is 8.62. The van der Waals surface area contributed by atoms with Crippen LogP contribution in [0, 0.1) is 5.95 Å². The number of nitrogens with zero attached hydrogens (tertiary/aromatic N) is 1. The summed E-state index contributed by atoms with van der Waals surface area (Å²) in [7, 11) is 0. The van der Waals surface area contributed by atoms with E-state index >= 15 is 0 Å². The zero-order valence-corrected chi connectivity index (χ0v) is 10.1. The Morgan fingerprint density at radius 1 is 1.12 bits per heavy atom. The van der Waals surface area contributed by atoms with Gasteiger partial charge in [-0.15, -0.1) is 0 Å². The number of halogens is 3. The van der Waals surface area contributed by atoms with Crippen LogP contribution in [0.3, 0.4) is 0 Å². The van der Waals surface area contributed by atoms with Crippen molar-refractivity contribution < 1.29 is 9.50 Å². The van der Waals surface area contributed by atoms with Gasteiger partial charge in [-0.2, -0.15) is 4.39 Å². The lowest BCUT2D eigenvalue weighted by molar-refractivity contribution is 0.275. The average Bonchev–Trinajstić information content (AvgIpc) is 2.32. The van der Waals surface area contributed by atoms with E-state index in [1.807, 2.05) is 0 Å². The van der Waals surface area contributed by atoms with E-state index in [2.05, 4.69) is 4.98 Å². The maximum absolute atomic E-state index is 12.9. The molecule has 0 aliphatic rings. The van der Waals surface area contributed by atoms with E-state index in [4.69, 9.17) is 28.3 Å². The van der Waals surface area contributed by atoms with Crippen molar-refractivity contribution >= 4 is 23.2 Å². The van der Waals surface area contributed by atoms with E-state index in [-0.39, 0.29) is 12.3 Å². The van der Waals surface area contributed by atoms with Gasteiger partial charge in [0.25, 0.3) is 0 Å². The lowest BCUT2D eigenvalue weighted by atomic mass is 10.0. The summed E-state index contributed by atoms with van der Waals surface area (Å²) in [4.78, 5) is 3.62. The lowest BCUT2D eigenvalue weighted by Gasteiger charge is -2.09. The maximum atomic E-state index is 12.9. The van der Waals surface area contributed by atoms with Gasteiger partial charge in [-0.1, -0.05) is 23.2 Å². The number of aliphatic hydroxyl groups is 1. The fraction of sp³-hybridized carbons (Fsp3) is 0.0833. The Hall–Kier alpha value is -1.16. The Morgan fingerprint density at radius 3 is 2.59 bits per heavy atom. The van der Waals surface area contributed by atoms with Gasteiger partial charge < -0.3 is 5.11 Å². The van der Waals surface area contributed by atoms with Crippen LogP contribution in [0.15, 0.2) is 30.3 Å². The van der Waals surface area contributed by atoms with Gasteiger partial charge in [-0.05, 0) is 30.3 Å². The fourth-order valence-corrected chi connectivity index (χ4v) is 1.94. The first kappa shape index (κ1) is 12.3. The fourth-order valence-electron chi connectivity index (χ4n) is 1.54. The maximum Gasteiger partial charge on any atom is 0.213 e. The summed E-state index contributed by atoms with van der Waals surface area (Å²) in [6, 6.07) is 7.68. The average molecular weight is 272 g/mol. The van der Waals surface area contributed by atoms with E-state index in [1.165, 1.54) is 12.1 Å². The quantitative estimate of drug-likeness (QED) is 0.846. The van der Waals surface area contributed by atoms with Gasteiger partial charge >= 0.3 is 0 Å². The van der Waals surface area contributed by atoms with E-state index < -0.39 is 5.95 Å². The van der Waals surface area contributed by atoms with Gasteiger partial charge in [0.2, 0.25) is 5.95 Å². The predicted molar refractivity (Wildman–Crippen MR) is 65.6 cm³/mol. The van der Waals surface area contributed by atoms with Crippen molar-refractivity contribution in [1.29, 1.82) is 0 Å². The Balaban J connectivity index is 2.63. The number of pyridine rings is 1. The molecule has 2 nitrogen and oxygen atoms in total. The Kier molecular flexibility index (Phi) is 3.62. The van der Waals surface area contributed by atoms with Crippen molar-refractivity contribution in [1.82, 2.24) is 4.98 Å². The lowest BCUT2D eigenvalue weighted by Crippen LogP contribution is -1.97. The highest BCUT2D eigenvalue weighted by atomic mass is 35.5. The normalized spacial score (nSPS) is 10.6. The van der Waals surface area contributed by atoms with Gasteiger partial charge in [0.15, 0.2) is 0 Å². The molecular formula is C12H8Cl2FNO. The third-order valence-corrected chi connectivity index (χ3v) is 2.87. The van der Waals surface area contributed by atoms with Gasteiger partial charge in [0, 0.05) is 21.2 Å². The highest BCUT2D eigenvalue weighted by Gasteiger charge is 2.11. The molecule has 0 bridgehead atoms. The molecule has 1 N–H and O–H groups in total. The van der Waals surface area contributed by atoms with Gasteiger partial charge in [-0.25, -0.2) is 4.98 Å². The molecule has 0 unspecified atom stereocenters. The van der Waals surface area contributed by atoms with Crippen LogP contribution in [0.1, 0.15) is 5.69 Å². The smallest absolute Gasteiger partial charge is 0.213 e. The van der Waals surface area contributed by atoms with Crippen molar-refractivity contribution in [3.63, 3.8) is 0 Å². The first-order valence-corrected chi connectivity index (χ1v) is 5.59. The second-order valence-electron chi connectivity index (χ2n) is 3.41. The molecule has 0 spiro atoms. The predicted octanol–water partition coefficient (Wildman–Crippen LogP) is 3.69. The minimum atomic E-state index is -0.643. The van der Waals surface area contributed by atoms with E-state index in [0.717, 1.165) is 0 Å². The van der Waals surface area contributed by atoms with Crippen LogP contribution in [0.2, 0.25) is 10.0 Å². The molecule has 1 aromatic carbocycles. The molecule has 5 heteroatoms. The molecule has 2 aromatic rings. The molecule has 1 aromatic heterocycles. The molecule has 0 aliphatic carbocycles. The van der Waals surface area contributed by atoms with Gasteiger partial charge in [0.1, 0.15) is 0 Å². The van der Waals surface area contributed by atoms with E-state index in [0.29, 0.717) is 21.2 Å². The summed E-state index contributed by atoms with van der Waals surface area (Å²) >= 11 is 11.9. The number of hydrogen-bond donors (Lipinski definition) is 1. The molecule has 88 valence electrons. The minimum absolute atomic E-state index is 0.231. The molecule has 0 saturated carbocycles. The Bertz CT molecular complexity index is 560. The summed E-state index contributed by atoms with van der Waals surface area (Å²) in [5.41, 5.74) is 1.42. The van der Waals surface area contributed by atoms with E-state index in [9.17, 15) is 4.39 Å². The van der Waals surface area contributed by atoms with Crippen molar-refractivity contribution in [3.05, 3.63) is 52.0 Å². The summed E-state index contributed by atoms with van der Waals surface area (Å²) in [5, 5.41) is 10.1. The third kappa shape index (κ3) is 2.57. The molecule has 0 atom stereocenters.